The number of sulfonamides is 1. The maximum atomic E-state index is 12.5. The summed E-state index contributed by atoms with van der Waals surface area (Å²) >= 11 is 3.21. The number of hydrogen-bond donors (Lipinski definition) is 1. The van der Waals surface area contributed by atoms with Crippen LogP contribution in [0.3, 0.4) is 0 Å². The summed E-state index contributed by atoms with van der Waals surface area (Å²) < 4.78 is 26.9. The Bertz CT molecular complexity index is 535. The fourth-order valence-electron chi connectivity index (χ4n) is 2.21. The van der Waals surface area contributed by atoms with Crippen molar-refractivity contribution in [3.05, 3.63) is 22.9 Å². The highest BCUT2D eigenvalue weighted by Crippen LogP contribution is 2.30. The third kappa shape index (κ3) is 2.45. The van der Waals surface area contributed by atoms with Gasteiger partial charge in [0.25, 0.3) is 0 Å². The molecule has 7 heteroatoms. The summed E-state index contributed by atoms with van der Waals surface area (Å²) in [6.07, 6.45) is 3.64. The van der Waals surface area contributed by atoms with Crippen LogP contribution in [0.25, 0.3) is 0 Å². The van der Waals surface area contributed by atoms with Gasteiger partial charge in [-0.15, -0.1) is 0 Å². The minimum absolute atomic E-state index is 0.151. The number of nitrogens with zero attached hydrogens (tertiary/aromatic N) is 2. The van der Waals surface area contributed by atoms with E-state index in [1.165, 1.54) is 22.8 Å². The second-order valence-electron chi connectivity index (χ2n) is 4.47. The molecule has 0 radical (unpaired) electrons. The molecule has 1 fully saturated rings. The molecule has 0 aromatic carbocycles. The molecule has 5 nitrogen and oxygen atoms in total. The molecule has 1 aromatic heterocycles. The van der Waals surface area contributed by atoms with Crippen LogP contribution in [-0.4, -0.2) is 42.0 Å². The molecule has 100 valence electrons. The minimum Gasteiger partial charge on any atom is -0.395 e. The monoisotopic (exact) mass is 334 g/mol. The Kier molecular flexibility index (Phi) is 4.05. The van der Waals surface area contributed by atoms with E-state index in [1.54, 1.807) is 0 Å². The highest BCUT2D eigenvalue weighted by molar-refractivity contribution is 9.10. The standard InChI is InChI=1S/C11H15BrN2O3S/c1-8-2-3-14(11(8)7-15)18(16,17)10-4-9(12)5-13-6-10/h4-6,8,11,15H,2-3,7H2,1H3. The van der Waals surface area contributed by atoms with Crippen LogP contribution in [0, 0.1) is 5.92 Å². The van der Waals surface area contributed by atoms with Crippen LogP contribution in [-0.2, 0) is 10.0 Å². The molecule has 0 saturated carbocycles. The molecular formula is C11H15BrN2O3S. The Balaban J connectivity index is 2.37. The number of aromatic nitrogens is 1. The highest BCUT2D eigenvalue weighted by atomic mass is 79.9. The largest absolute Gasteiger partial charge is 0.395 e. The molecule has 1 aliphatic heterocycles. The van der Waals surface area contributed by atoms with Gasteiger partial charge in [-0.3, -0.25) is 4.98 Å². The van der Waals surface area contributed by atoms with E-state index in [9.17, 15) is 13.5 Å². The lowest BCUT2D eigenvalue weighted by atomic mass is 10.0. The van der Waals surface area contributed by atoms with Crippen LogP contribution < -0.4 is 0 Å². The van der Waals surface area contributed by atoms with Gasteiger partial charge in [0.1, 0.15) is 4.90 Å². The van der Waals surface area contributed by atoms with Gasteiger partial charge in [-0.2, -0.15) is 4.31 Å². The topological polar surface area (TPSA) is 70.5 Å². The first-order valence-electron chi connectivity index (χ1n) is 5.70. The summed E-state index contributed by atoms with van der Waals surface area (Å²) in [6.45, 7) is 2.25. The van der Waals surface area contributed by atoms with Gasteiger partial charge in [-0.1, -0.05) is 6.92 Å². The van der Waals surface area contributed by atoms with Crippen LogP contribution >= 0.6 is 15.9 Å². The molecule has 2 heterocycles. The quantitative estimate of drug-likeness (QED) is 0.902. The highest BCUT2D eigenvalue weighted by Gasteiger charge is 2.39. The molecule has 1 aliphatic rings. The van der Waals surface area contributed by atoms with Crippen molar-refractivity contribution in [2.45, 2.75) is 24.3 Å². The van der Waals surface area contributed by atoms with Gasteiger partial charge < -0.3 is 5.11 Å². The van der Waals surface area contributed by atoms with Crippen LogP contribution in [0.1, 0.15) is 13.3 Å². The third-order valence-corrected chi connectivity index (χ3v) is 5.63. The maximum Gasteiger partial charge on any atom is 0.244 e. The molecule has 2 atom stereocenters. The number of aliphatic hydroxyl groups excluding tert-OH is 1. The average molecular weight is 335 g/mol. The van der Waals surface area contributed by atoms with E-state index in [-0.39, 0.29) is 23.5 Å². The van der Waals surface area contributed by atoms with E-state index in [4.69, 9.17) is 0 Å². The van der Waals surface area contributed by atoms with Gasteiger partial charge in [-0.05, 0) is 34.3 Å². The zero-order valence-electron chi connectivity index (χ0n) is 9.95. The molecule has 1 saturated heterocycles. The molecule has 18 heavy (non-hydrogen) atoms. The van der Waals surface area contributed by atoms with Gasteiger partial charge in [0, 0.05) is 23.4 Å². The van der Waals surface area contributed by atoms with Gasteiger partial charge in [0.15, 0.2) is 0 Å². The van der Waals surface area contributed by atoms with Gasteiger partial charge in [-0.25, -0.2) is 8.42 Å². The smallest absolute Gasteiger partial charge is 0.244 e. The number of aliphatic hydroxyl groups is 1. The Morgan fingerprint density at radius 1 is 1.56 bits per heavy atom. The van der Waals surface area contributed by atoms with Crippen molar-refractivity contribution in [1.29, 1.82) is 0 Å². The summed E-state index contributed by atoms with van der Waals surface area (Å²) in [5.74, 6) is 0.171. The van der Waals surface area contributed by atoms with E-state index in [1.807, 2.05) is 6.92 Å². The molecular weight excluding hydrogens is 320 g/mol. The fraction of sp³-hybridized carbons (Fsp3) is 0.545. The van der Waals surface area contributed by atoms with Crippen molar-refractivity contribution in [2.75, 3.05) is 13.2 Å². The summed E-state index contributed by atoms with van der Waals surface area (Å²) in [5.41, 5.74) is 0. The van der Waals surface area contributed by atoms with Crippen molar-refractivity contribution >= 4 is 26.0 Å². The van der Waals surface area contributed by atoms with Crippen molar-refractivity contribution in [1.82, 2.24) is 9.29 Å². The van der Waals surface area contributed by atoms with E-state index in [0.717, 1.165) is 6.42 Å². The third-order valence-electron chi connectivity index (χ3n) is 3.31. The van der Waals surface area contributed by atoms with E-state index < -0.39 is 10.0 Å². The Labute approximate surface area is 115 Å². The van der Waals surface area contributed by atoms with Crippen molar-refractivity contribution in [3.8, 4) is 0 Å². The Morgan fingerprint density at radius 3 is 2.89 bits per heavy atom. The molecule has 0 spiro atoms. The Hall–Kier alpha value is -0.500. The zero-order valence-corrected chi connectivity index (χ0v) is 12.4. The average Bonchev–Trinajstić information content (AvgIpc) is 2.71. The van der Waals surface area contributed by atoms with Gasteiger partial charge in [0.05, 0.1) is 12.6 Å². The lowest BCUT2D eigenvalue weighted by molar-refractivity contribution is 0.191. The second kappa shape index (κ2) is 5.24. The predicted octanol–water partition coefficient (Wildman–Crippen LogP) is 1.24. The number of hydrogen-bond acceptors (Lipinski definition) is 4. The molecule has 2 unspecified atom stereocenters. The predicted molar refractivity (Wildman–Crippen MR) is 70.5 cm³/mol. The number of halogens is 1. The van der Waals surface area contributed by atoms with Crippen LogP contribution in [0.5, 0.6) is 0 Å². The molecule has 1 aromatic rings. The lowest BCUT2D eigenvalue weighted by Gasteiger charge is -2.24. The second-order valence-corrected chi connectivity index (χ2v) is 7.28. The van der Waals surface area contributed by atoms with Crippen LogP contribution in [0.4, 0.5) is 0 Å². The molecule has 1 N–H and O–H groups in total. The molecule has 2 rings (SSSR count). The SMILES string of the molecule is CC1CCN(S(=O)(=O)c2cncc(Br)c2)C1CO. The van der Waals surface area contributed by atoms with Crippen molar-refractivity contribution < 1.29 is 13.5 Å². The summed E-state index contributed by atoms with van der Waals surface area (Å²) in [4.78, 5) is 4.03. The molecule has 0 aliphatic carbocycles. The first kappa shape index (κ1) is 13.9. The first-order valence-corrected chi connectivity index (χ1v) is 7.93. The van der Waals surface area contributed by atoms with Crippen molar-refractivity contribution in [2.24, 2.45) is 5.92 Å². The summed E-state index contributed by atoms with van der Waals surface area (Å²) in [5, 5.41) is 9.34. The van der Waals surface area contributed by atoms with Gasteiger partial charge >= 0.3 is 0 Å². The minimum atomic E-state index is -3.57. The number of pyridine rings is 1. The molecule has 0 amide bonds. The molecule has 0 bridgehead atoms. The maximum absolute atomic E-state index is 12.5. The van der Waals surface area contributed by atoms with E-state index in [0.29, 0.717) is 11.0 Å². The van der Waals surface area contributed by atoms with E-state index >= 15 is 0 Å². The zero-order chi connectivity index (χ0) is 13.3. The fourth-order valence-corrected chi connectivity index (χ4v) is 4.45. The van der Waals surface area contributed by atoms with Crippen molar-refractivity contribution in [3.63, 3.8) is 0 Å². The summed E-state index contributed by atoms with van der Waals surface area (Å²) in [6, 6.07) is 1.19. The normalized spacial score (nSPS) is 25.5. The number of rotatable bonds is 3. The first-order chi connectivity index (χ1) is 8.46. The van der Waals surface area contributed by atoms with Crippen LogP contribution in [0.2, 0.25) is 0 Å². The summed E-state index contributed by atoms with van der Waals surface area (Å²) in [7, 11) is -3.57. The van der Waals surface area contributed by atoms with Gasteiger partial charge in [0.2, 0.25) is 10.0 Å². The lowest BCUT2D eigenvalue weighted by Crippen LogP contribution is -2.39. The van der Waals surface area contributed by atoms with E-state index in [2.05, 4.69) is 20.9 Å². The Morgan fingerprint density at radius 2 is 2.28 bits per heavy atom. The van der Waals surface area contributed by atoms with Crippen LogP contribution in [0.15, 0.2) is 27.8 Å².